The third-order valence-corrected chi connectivity index (χ3v) is 5.15. The highest BCUT2D eigenvalue weighted by Crippen LogP contribution is 2.28. The lowest BCUT2D eigenvalue weighted by Gasteiger charge is -2.19. The molecule has 10 nitrogen and oxygen atoms in total. The lowest BCUT2D eigenvalue weighted by molar-refractivity contribution is -0.155. The SMILES string of the molecule is COc1ccc(F)cc1[C@@H](C)Nc1ccc2ncc(-c3cn(CCC(=O)OC(C)(C)C)nn3)n2n1. The van der Waals surface area contributed by atoms with Crippen LogP contribution in [0, 0.1) is 5.82 Å². The number of ether oxygens (including phenoxy) is 2. The van der Waals surface area contributed by atoms with Gasteiger partial charge in [0.1, 0.15) is 34.4 Å². The fraction of sp³-hybridized carbons (Fsp3) is 0.375. The summed E-state index contributed by atoms with van der Waals surface area (Å²) in [6.45, 7) is 7.72. The van der Waals surface area contributed by atoms with Crippen LogP contribution in [0.15, 0.2) is 42.7 Å². The van der Waals surface area contributed by atoms with Gasteiger partial charge in [-0.25, -0.2) is 13.9 Å². The summed E-state index contributed by atoms with van der Waals surface area (Å²) in [5.74, 6) is 0.502. The molecule has 0 unspecified atom stereocenters. The van der Waals surface area contributed by atoms with Crippen LogP contribution in [-0.4, -0.2) is 48.3 Å². The van der Waals surface area contributed by atoms with E-state index in [1.54, 1.807) is 40.8 Å². The Morgan fingerprint density at radius 2 is 2.03 bits per heavy atom. The molecule has 1 N–H and O–H groups in total. The van der Waals surface area contributed by atoms with Crippen LogP contribution in [-0.2, 0) is 16.1 Å². The van der Waals surface area contributed by atoms with E-state index in [4.69, 9.17) is 9.47 Å². The van der Waals surface area contributed by atoms with Crippen LogP contribution in [0.1, 0.15) is 45.7 Å². The summed E-state index contributed by atoms with van der Waals surface area (Å²) < 4.78 is 27.7. The van der Waals surface area contributed by atoms with Crippen molar-refractivity contribution in [2.75, 3.05) is 12.4 Å². The maximum atomic E-state index is 13.8. The fourth-order valence-corrected chi connectivity index (χ4v) is 3.59. The molecule has 0 aliphatic rings. The van der Waals surface area contributed by atoms with Crippen molar-refractivity contribution in [3.8, 4) is 17.1 Å². The summed E-state index contributed by atoms with van der Waals surface area (Å²) in [4.78, 5) is 16.4. The van der Waals surface area contributed by atoms with Gasteiger partial charge in [-0.1, -0.05) is 5.21 Å². The van der Waals surface area contributed by atoms with Gasteiger partial charge in [0, 0.05) is 5.56 Å². The Morgan fingerprint density at radius 3 is 2.77 bits per heavy atom. The second-order valence-corrected chi connectivity index (χ2v) is 9.09. The van der Waals surface area contributed by atoms with Gasteiger partial charge in [-0.05, 0) is 58.0 Å². The van der Waals surface area contributed by atoms with Crippen molar-refractivity contribution in [3.63, 3.8) is 0 Å². The van der Waals surface area contributed by atoms with Gasteiger partial charge in [-0.15, -0.1) is 10.2 Å². The highest BCUT2D eigenvalue weighted by molar-refractivity contribution is 5.69. The number of halogens is 1. The van der Waals surface area contributed by atoms with Crippen LogP contribution in [0.2, 0.25) is 0 Å². The summed E-state index contributed by atoms with van der Waals surface area (Å²) in [5.41, 5.74) is 1.97. The lowest BCUT2D eigenvalue weighted by atomic mass is 10.1. The molecule has 0 aliphatic heterocycles. The zero-order valence-electron chi connectivity index (χ0n) is 20.3. The Labute approximate surface area is 202 Å². The zero-order chi connectivity index (χ0) is 25.2. The molecule has 35 heavy (non-hydrogen) atoms. The molecule has 0 fully saturated rings. The molecule has 0 radical (unpaired) electrons. The number of anilines is 1. The van der Waals surface area contributed by atoms with Gasteiger partial charge in [-0.3, -0.25) is 9.48 Å². The second kappa shape index (κ2) is 9.69. The van der Waals surface area contributed by atoms with E-state index in [2.05, 4.69) is 25.7 Å². The molecule has 0 bridgehead atoms. The minimum absolute atomic E-state index is 0.182. The number of hydrogen-bond donors (Lipinski definition) is 1. The topological polar surface area (TPSA) is 108 Å². The second-order valence-electron chi connectivity index (χ2n) is 9.09. The van der Waals surface area contributed by atoms with Gasteiger partial charge in [0.05, 0.1) is 38.5 Å². The number of rotatable bonds is 8. The van der Waals surface area contributed by atoms with Crippen LogP contribution in [0.4, 0.5) is 10.2 Å². The molecule has 1 aromatic carbocycles. The molecule has 0 spiro atoms. The number of benzene rings is 1. The Kier molecular flexibility index (Phi) is 6.68. The lowest BCUT2D eigenvalue weighted by Crippen LogP contribution is -2.24. The van der Waals surface area contributed by atoms with E-state index in [-0.39, 0.29) is 24.2 Å². The highest BCUT2D eigenvalue weighted by atomic mass is 19.1. The molecule has 0 saturated carbocycles. The van der Waals surface area contributed by atoms with Crippen LogP contribution < -0.4 is 10.1 Å². The summed E-state index contributed by atoms with van der Waals surface area (Å²) >= 11 is 0. The molecule has 184 valence electrons. The van der Waals surface area contributed by atoms with E-state index in [1.807, 2.05) is 33.8 Å². The maximum Gasteiger partial charge on any atom is 0.308 e. The van der Waals surface area contributed by atoms with Crippen LogP contribution in [0.25, 0.3) is 17.0 Å². The van der Waals surface area contributed by atoms with Crippen molar-refractivity contribution in [1.82, 2.24) is 29.6 Å². The minimum atomic E-state index is -0.532. The van der Waals surface area contributed by atoms with E-state index in [1.165, 1.54) is 12.1 Å². The van der Waals surface area contributed by atoms with Crippen molar-refractivity contribution in [2.24, 2.45) is 0 Å². The van der Waals surface area contributed by atoms with Crippen LogP contribution >= 0.6 is 0 Å². The first-order valence-corrected chi connectivity index (χ1v) is 11.2. The Balaban J connectivity index is 1.51. The first-order valence-electron chi connectivity index (χ1n) is 11.2. The van der Waals surface area contributed by atoms with Crippen molar-refractivity contribution < 1.29 is 18.7 Å². The number of carbonyl (C=O) groups excluding carboxylic acids is 1. The predicted molar refractivity (Wildman–Crippen MR) is 127 cm³/mol. The standard InChI is InChI=1S/C24H28FN7O3/c1-15(17-12-16(25)6-7-20(17)34-5)27-21-8-9-22-26-13-19(32(22)29-21)18-14-31(30-28-18)11-10-23(33)35-24(2,3)4/h6-9,12-15H,10-11H2,1-5H3,(H,27,29)/t15-/m1/s1. The van der Waals surface area contributed by atoms with Gasteiger partial charge in [0.25, 0.3) is 0 Å². The number of imidazole rings is 1. The monoisotopic (exact) mass is 481 g/mol. The summed E-state index contributed by atoms with van der Waals surface area (Å²) in [6, 6.07) is 7.74. The predicted octanol–water partition coefficient (Wildman–Crippen LogP) is 4.04. The Hall–Kier alpha value is -4.02. The highest BCUT2D eigenvalue weighted by Gasteiger charge is 2.18. The number of carbonyl (C=O) groups is 1. The van der Waals surface area contributed by atoms with Gasteiger partial charge in [-0.2, -0.15) is 0 Å². The van der Waals surface area contributed by atoms with Crippen molar-refractivity contribution >= 4 is 17.4 Å². The molecule has 0 saturated heterocycles. The first kappa shape index (κ1) is 24.1. The van der Waals surface area contributed by atoms with E-state index in [0.29, 0.717) is 40.7 Å². The number of hydrogen-bond acceptors (Lipinski definition) is 8. The number of aryl methyl sites for hydroxylation is 1. The van der Waals surface area contributed by atoms with Crippen LogP contribution in [0.3, 0.4) is 0 Å². The van der Waals surface area contributed by atoms with Gasteiger partial charge in [0.2, 0.25) is 0 Å². The van der Waals surface area contributed by atoms with Crippen molar-refractivity contribution in [3.05, 3.63) is 54.1 Å². The first-order chi connectivity index (χ1) is 16.6. The number of aromatic nitrogens is 6. The molecule has 0 amide bonds. The zero-order valence-corrected chi connectivity index (χ0v) is 20.3. The van der Waals surface area contributed by atoms with E-state index in [0.717, 1.165) is 0 Å². The molecular formula is C24H28FN7O3. The average molecular weight is 482 g/mol. The number of nitrogens with zero attached hydrogens (tertiary/aromatic N) is 6. The molecule has 3 aromatic heterocycles. The molecule has 11 heteroatoms. The fourth-order valence-electron chi connectivity index (χ4n) is 3.59. The molecule has 0 aliphatic carbocycles. The normalized spacial score (nSPS) is 12.5. The van der Waals surface area contributed by atoms with Gasteiger partial charge < -0.3 is 14.8 Å². The summed E-state index contributed by atoms with van der Waals surface area (Å²) in [5, 5.41) is 16.2. The van der Waals surface area contributed by atoms with Crippen molar-refractivity contribution in [2.45, 2.75) is 52.3 Å². The number of esters is 1. The van der Waals surface area contributed by atoms with E-state index in [9.17, 15) is 9.18 Å². The molecule has 4 rings (SSSR count). The number of fused-ring (bicyclic) bond motifs is 1. The average Bonchev–Trinajstić information content (AvgIpc) is 3.43. The van der Waals surface area contributed by atoms with Crippen LogP contribution in [0.5, 0.6) is 5.75 Å². The third kappa shape index (κ3) is 5.73. The molecular weight excluding hydrogens is 453 g/mol. The van der Waals surface area contributed by atoms with Gasteiger partial charge >= 0.3 is 5.97 Å². The molecule has 3 heterocycles. The Bertz CT molecular complexity index is 1340. The summed E-state index contributed by atoms with van der Waals surface area (Å²) in [6.07, 6.45) is 3.57. The number of nitrogens with one attached hydrogen (secondary N) is 1. The minimum Gasteiger partial charge on any atom is -0.496 e. The maximum absolute atomic E-state index is 13.8. The van der Waals surface area contributed by atoms with E-state index >= 15 is 0 Å². The van der Waals surface area contributed by atoms with E-state index < -0.39 is 5.60 Å². The largest absolute Gasteiger partial charge is 0.496 e. The third-order valence-electron chi connectivity index (χ3n) is 5.15. The molecule has 1 atom stereocenters. The quantitative estimate of drug-likeness (QED) is 0.376. The molecule has 4 aromatic rings. The van der Waals surface area contributed by atoms with Crippen molar-refractivity contribution in [1.29, 1.82) is 0 Å². The number of methoxy groups -OCH3 is 1. The smallest absolute Gasteiger partial charge is 0.308 e. The van der Waals surface area contributed by atoms with Gasteiger partial charge in [0.15, 0.2) is 5.65 Å². The Morgan fingerprint density at radius 1 is 1.23 bits per heavy atom. The summed E-state index contributed by atoms with van der Waals surface area (Å²) in [7, 11) is 1.55.